The number of esters is 1. The molecule has 2 aromatic carbocycles. The molecule has 0 fully saturated rings. The van der Waals surface area contributed by atoms with Crippen LogP contribution in [0.2, 0.25) is 10.0 Å². The first-order valence-corrected chi connectivity index (χ1v) is 8.59. The van der Waals surface area contributed by atoms with E-state index >= 15 is 0 Å². The predicted octanol–water partition coefficient (Wildman–Crippen LogP) is 4.77. The fourth-order valence-electron chi connectivity index (χ4n) is 2.41. The van der Waals surface area contributed by atoms with E-state index in [2.05, 4.69) is 5.32 Å². The highest BCUT2D eigenvalue weighted by Crippen LogP contribution is 2.24. The maximum absolute atomic E-state index is 12.0. The van der Waals surface area contributed by atoms with Crippen molar-refractivity contribution in [3.05, 3.63) is 69.9 Å². The third-order valence-electron chi connectivity index (χ3n) is 3.74. The van der Waals surface area contributed by atoms with Gasteiger partial charge in [-0.15, -0.1) is 0 Å². The van der Waals surface area contributed by atoms with Crippen LogP contribution >= 0.6 is 23.2 Å². The number of carbonyl (C=O) groups excluding carboxylic acids is 2. The van der Waals surface area contributed by atoms with Gasteiger partial charge in [-0.3, -0.25) is 4.79 Å². The summed E-state index contributed by atoms with van der Waals surface area (Å²) in [7, 11) is 0. The van der Waals surface area contributed by atoms with E-state index in [1.54, 1.807) is 6.92 Å². The van der Waals surface area contributed by atoms with Crippen molar-refractivity contribution in [2.75, 3.05) is 6.61 Å². The van der Waals surface area contributed by atoms with Gasteiger partial charge in [0.15, 0.2) is 6.61 Å². The Balaban J connectivity index is 1.56. The molecule has 134 valence electrons. The van der Waals surface area contributed by atoms with Crippen molar-refractivity contribution >= 4 is 46.0 Å². The Morgan fingerprint density at radius 2 is 1.88 bits per heavy atom. The van der Waals surface area contributed by atoms with E-state index in [0.29, 0.717) is 10.8 Å². The Morgan fingerprint density at radius 3 is 2.62 bits per heavy atom. The van der Waals surface area contributed by atoms with Gasteiger partial charge in [-0.05, 0) is 37.3 Å². The Morgan fingerprint density at radius 1 is 1.12 bits per heavy atom. The molecule has 3 rings (SSSR count). The van der Waals surface area contributed by atoms with Crippen molar-refractivity contribution in [2.45, 2.75) is 13.0 Å². The van der Waals surface area contributed by atoms with Crippen LogP contribution in [0.15, 0.2) is 52.9 Å². The fourth-order valence-corrected chi connectivity index (χ4v) is 2.71. The van der Waals surface area contributed by atoms with Crippen LogP contribution in [0.3, 0.4) is 0 Å². The molecule has 0 saturated carbocycles. The second kappa shape index (κ2) is 7.81. The average Bonchev–Trinajstić information content (AvgIpc) is 3.06. The topological polar surface area (TPSA) is 68.5 Å². The number of benzene rings is 2. The summed E-state index contributed by atoms with van der Waals surface area (Å²) < 4.78 is 10.7. The van der Waals surface area contributed by atoms with Crippen LogP contribution in [0.5, 0.6) is 0 Å². The summed E-state index contributed by atoms with van der Waals surface area (Å²) in [5.74, 6) is -0.475. The lowest BCUT2D eigenvalue weighted by atomic mass is 10.2. The lowest BCUT2D eigenvalue weighted by molar-refractivity contribution is -0.125. The largest absolute Gasteiger partial charge is 0.459 e. The molecule has 0 saturated heterocycles. The Hall–Kier alpha value is -2.50. The number of hydrogen-bond acceptors (Lipinski definition) is 4. The Labute approximate surface area is 159 Å². The molecule has 26 heavy (non-hydrogen) atoms. The number of amides is 1. The number of rotatable bonds is 5. The normalized spacial score (nSPS) is 12.0. The minimum Gasteiger partial charge on any atom is -0.459 e. The first-order valence-electron chi connectivity index (χ1n) is 7.84. The van der Waals surface area contributed by atoms with Crippen molar-refractivity contribution in [1.82, 2.24) is 5.32 Å². The van der Waals surface area contributed by atoms with Gasteiger partial charge in [0.25, 0.3) is 5.91 Å². The number of hydrogen-bond donors (Lipinski definition) is 1. The van der Waals surface area contributed by atoms with Gasteiger partial charge in [-0.1, -0.05) is 41.4 Å². The molecule has 0 unspecified atom stereocenters. The van der Waals surface area contributed by atoms with E-state index in [0.717, 1.165) is 11.0 Å². The first-order chi connectivity index (χ1) is 12.4. The lowest BCUT2D eigenvalue weighted by Gasteiger charge is -2.11. The minimum atomic E-state index is -0.657. The lowest BCUT2D eigenvalue weighted by Crippen LogP contribution is -2.31. The van der Waals surface area contributed by atoms with E-state index in [1.807, 2.05) is 30.3 Å². The van der Waals surface area contributed by atoms with E-state index in [9.17, 15) is 9.59 Å². The monoisotopic (exact) mass is 391 g/mol. The van der Waals surface area contributed by atoms with Crippen molar-refractivity contribution < 1.29 is 18.7 Å². The van der Waals surface area contributed by atoms with Crippen LogP contribution in [-0.4, -0.2) is 18.5 Å². The van der Waals surface area contributed by atoms with Crippen LogP contribution in [0.25, 0.3) is 11.0 Å². The van der Waals surface area contributed by atoms with Gasteiger partial charge >= 0.3 is 5.97 Å². The summed E-state index contributed by atoms with van der Waals surface area (Å²) in [6.45, 7) is 1.38. The highest BCUT2D eigenvalue weighted by molar-refractivity contribution is 6.42. The Bertz CT molecular complexity index is 934. The number of ether oxygens (including phenoxy) is 1. The first kappa shape index (κ1) is 18.3. The maximum Gasteiger partial charge on any atom is 0.338 e. The van der Waals surface area contributed by atoms with E-state index in [-0.39, 0.29) is 16.6 Å². The molecule has 1 amide bonds. The molecule has 1 aromatic heterocycles. The van der Waals surface area contributed by atoms with Gasteiger partial charge in [-0.25, -0.2) is 4.79 Å². The number of nitrogens with one attached hydrogen (secondary N) is 1. The molecule has 0 aliphatic carbocycles. The predicted molar refractivity (Wildman–Crippen MR) is 99.5 cm³/mol. The average molecular weight is 392 g/mol. The summed E-state index contributed by atoms with van der Waals surface area (Å²) >= 11 is 11.7. The van der Waals surface area contributed by atoms with Crippen molar-refractivity contribution in [1.29, 1.82) is 0 Å². The molecule has 0 bridgehead atoms. The zero-order chi connectivity index (χ0) is 18.7. The summed E-state index contributed by atoms with van der Waals surface area (Å²) in [5.41, 5.74) is 0.965. The fraction of sp³-hybridized carbons (Fsp3) is 0.158. The molecule has 0 aliphatic rings. The van der Waals surface area contributed by atoms with Gasteiger partial charge in [-0.2, -0.15) is 0 Å². The van der Waals surface area contributed by atoms with Crippen molar-refractivity contribution in [2.24, 2.45) is 0 Å². The zero-order valence-corrected chi connectivity index (χ0v) is 15.3. The van der Waals surface area contributed by atoms with Gasteiger partial charge in [0.05, 0.1) is 21.7 Å². The smallest absolute Gasteiger partial charge is 0.338 e. The maximum atomic E-state index is 12.0. The highest BCUT2D eigenvalue weighted by Gasteiger charge is 2.16. The highest BCUT2D eigenvalue weighted by atomic mass is 35.5. The van der Waals surface area contributed by atoms with E-state index < -0.39 is 18.5 Å². The van der Waals surface area contributed by atoms with Crippen LogP contribution in [-0.2, 0) is 9.53 Å². The molecular weight excluding hydrogens is 377 g/mol. The van der Waals surface area contributed by atoms with Gasteiger partial charge < -0.3 is 14.5 Å². The molecule has 0 aliphatic heterocycles. The third kappa shape index (κ3) is 4.18. The number of furan rings is 1. The number of halogens is 2. The SMILES string of the molecule is C[C@@H](NC(=O)COC(=O)c1ccc(Cl)c(Cl)c1)c1cc2ccccc2o1. The quantitative estimate of drug-likeness (QED) is 0.635. The molecule has 1 atom stereocenters. The van der Waals surface area contributed by atoms with Crippen LogP contribution in [0, 0.1) is 0 Å². The molecule has 1 heterocycles. The van der Waals surface area contributed by atoms with Gasteiger partial charge in [0, 0.05) is 5.39 Å². The molecule has 1 N–H and O–H groups in total. The number of para-hydroxylation sites is 1. The van der Waals surface area contributed by atoms with Crippen molar-refractivity contribution in [3.8, 4) is 0 Å². The summed E-state index contributed by atoms with van der Waals surface area (Å²) in [5, 5.41) is 4.25. The van der Waals surface area contributed by atoms with Crippen LogP contribution in [0.4, 0.5) is 0 Å². The second-order valence-corrected chi connectivity index (χ2v) is 6.50. The third-order valence-corrected chi connectivity index (χ3v) is 4.48. The van der Waals surface area contributed by atoms with Crippen LogP contribution < -0.4 is 5.32 Å². The minimum absolute atomic E-state index is 0.220. The van der Waals surface area contributed by atoms with E-state index in [1.165, 1.54) is 18.2 Å². The second-order valence-electron chi connectivity index (χ2n) is 5.68. The number of carbonyl (C=O) groups is 2. The van der Waals surface area contributed by atoms with Gasteiger partial charge in [0.2, 0.25) is 0 Å². The van der Waals surface area contributed by atoms with Crippen LogP contribution in [0.1, 0.15) is 29.1 Å². The molecule has 0 spiro atoms. The Kier molecular flexibility index (Phi) is 5.49. The zero-order valence-electron chi connectivity index (χ0n) is 13.8. The standard InChI is InChI=1S/C19H15Cl2NO4/c1-11(17-9-12-4-2-3-5-16(12)26-17)22-18(23)10-25-19(24)13-6-7-14(20)15(21)8-13/h2-9,11H,10H2,1H3,(H,22,23)/t11-/m1/s1. The van der Waals surface area contributed by atoms with E-state index in [4.69, 9.17) is 32.4 Å². The van der Waals surface area contributed by atoms with Gasteiger partial charge in [0.1, 0.15) is 11.3 Å². The molecule has 5 nitrogen and oxygen atoms in total. The molecular formula is C19H15Cl2NO4. The molecule has 7 heteroatoms. The molecule has 0 radical (unpaired) electrons. The van der Waals surface area contributed by atoms with Crippen molar-refractivity contribution in [3.63, 3.8) is 0 Å². The number of fused-ring (bicyclic) bond motifs is 1. The molecule has 3 aromatic rings. The summed E-state index contributed by atoms with van der Waals surface area (Å²) in [6, 6.07) is 13.4. The summed E-state index contributed by atoms with van der Waals surface area (Å²) in [6.07, 6.45) is 0. The summed E-state index contributed by atoms with van der Waals surface area (Å²) in [4.78, 5) is 24.0.